The summed E-state index contributed by atoms with van der Waals surface area (Å²) in [5, 5.41) is 5.65. The number of rotatable bonds is 3. The lowest BCUT2D eigenvalue weighted by atomic mass is 9.94. The number of hydrogen-bond acceptors (Lipinski definition) is 3. The number of hydrogen-bond donors (Lipinski definition) is 2. The van der Waals surface area contributed by atoms with Crippen molar-refractivity contribution in [3.8, 4) is 0 Å². The van der Waals surface area contributed by atoms with Crippen LogP contribution in [-0.4, -0.2) is 18.4 Å². The summed E-state index contributed by atoms with van der Waals surface area (Å²) < 4.78 is 0. The lowest BCUT2D eigenvalue weighted by Crippen LogP contribution is -2.19. The van der Waals surface area contributed by atoms with E-state index in [1.165, 1.54) is 6.42 Å². The molecule has 0 fully saturated rings. The average molecular weight is 256 g/mol. The highest BCUT2D eigenvalue weighted by Crippen LogP contribution is 2.22. The van der Waals surface area contributed by atoms with Crippen molar-refractivity contribution in [3.63, 3.8) is 0 Å². The lowest BCUT2D eigenvalue weighted by molar-refractivity contribution is 0.0879. The first-order chi connectivity index (χ1) is 9.24. The molecule has 1 aromatic carbocycles. The quantitative estimate of drug-likeness (QED) is 0.644. The summed E-state index contributed by atoms with van der Waals surface area (Å²) in [5.41, 5.74) is 1.84. The van der Waals surface area contributed by atoms with Crippen LogP contribution in [0.15, 0.2) is 30.4 Å². The SMILES string of the molecule is O=C1NC(=O)c2cc(NCC3CC=CCC3)ccc21. The molecule has 2 amide bonds. The van der Waals surface area contributed by atoms with Crippen LogP contribution in [0.4, 0.5) is 5.69 Å². The van der Waals surface area contributed by atoms with Crippen molar-refractivity contribution in [2.75, 3.05) is 11.9 Å². The van der Waals surface area contributed by atoms with E-state index in [2.05, 4.69) is 22.8 Å². The van der Waals surface area contributed by atoms with Gasteiger partial charge in [0.05, 0.1) is 11.1 Å². The van der Waals surface area contributed by atoms with E-state index in [4.69, 9.17) is 0 Å². The Balaban J connectivity index is 1.69. The molecule has 1 aliphatic carbocycles. The number of amides is 2. The largest absolute Gasteiger partial charge is 0.385 e. The molecule has 0 bridgehead atoms. The van der Waals surface area contributed by atoms with Crippen LogP contribution in [0.1, 0.15) is 40.0 Å². The lowest BCUT2D eigenvalue weighted by Gasteiger charge is -2.18. The summed E-state index contributed by atoms with van der Waals surface area (Å²) in [6.45, 7) is 0.901. The number of allylic oxidation sites excluding steroid dienone is 2. The van der Waals surface area contributed by atoms with Gasteiger partial charge in [0, 0.05) is 12.2 Å². The number of carbonyl (C=O) groups excluding carboxylic acids is 2. The van der Waals surface area contributed by atoms with Gasteiger partial charge in [-0.1, -0.05) is 12.2 Å². The zero-order valence-electron chi connectivity index (χ0n) is 10.6. The molecule has 1 aliphatic heterocycles. The van der Waals surface area contributed by atoms with Gasteiger partial charge in [0.25, 0.3) is 11.8 Å². The van der Waals surface area contributed by atoms with Gasteiger partial charge in [0.1, 0.15) is 0 Å². The number of carbonyl (C=O) groups is 2. The van der Waals surface area contributed by atoms with Gasteiger partial charge in [-0.2, -0.15) is 0 Å². The molecule has 1 heterocycles. The van der Waals surface area contributed by atoms with Crippen molar-refractivity contribution < 1.29 is 9.59 Å². The predicted molar refractivity (Wildman–Crippen MR) is 73.2 cm³/mol. The predicted octanol–water partition coefficient (Wildman–Crippen LogP) is 2.34. The molecule has 3 rings (SSSR count). The van der Waals surface area contributed by atoms with Crippen LogP contribution in [0, 0.1) is 5.92 Å². The van der Waals surface area contributed by atoms with Gasteiger partial charge in [0.2, 0.25) is 0 Å². The molecule has 1 unspecified atom stereocenters. The Morgan fingerprint density at radius 1 is 1.16 bits per heavy atom. The zero-order valence-corrected chi connectivity index (χ0v) is 10.6. The second kappa shape index (κ2) is 4.88. The van der Waals surface area contributed by atoms with E-state index in [9.17, 15) is 9.59 Å². The van der Waals surface area contributed by atoms with Crippen molar-refractivity contribution in [3.05, 3.63) is 41.5 Å². The first kappa shape index (κ1) is 12.0. The van der Waals surface area contributed by atoms with Crippen LogP contribution in [0.3, 0.4) is 0 Å². The fourth-order valence-corrected chi connectivity index (χ4v) is 2.58. The van der Waals surface area contributed by atoms with Crippen molar-refractivity contribution in [2.24, 2.45) is 5.92 Å². The maximum absolute atomic E-state index is 11.6. The number of anilines is 1. The van der Waals surface area contributed by atoms with Gasteiger partial charge in [-0.3, -0.25) is 14.9 Å². The molecule has 4 heteroatoms. The monoisotopic (exact) mass is 256 g/mol. The van der Waals surface area contributed by atoms with Gasteiger partial charge < -0.3 is 5.32 Å². The van der Waals surface area contributed by atoms with E-state index in [0.717, 1.165) is 25.1 Å². The third-order valence-electron chi connectivity index (χ3n) is 3.71. The summed E-state index contributed by atoms with van der Waals surface area (Å²) in [6, 6.07) is 5.32. The molecule has 1 atom stereocenters. The van der Waals surface area contributed by atoms with Crippen molar-refractivity contribution in [2.45, 2.75) is 19.3 Å². The fourth-order valence-electron chi connectivity index (χ4n) is 2.58. The van der Waals surface area contributed by atoms with Gasteiger partial charge in [0.15, 0.2) is 0 Å². The minimum Gasteiger partial charge on any atom is -0.385 e. The molecule has 1 aromatic rings. The molecule has 0 spiro atoms. The maximum Gasteiger partial charge on any atom is 0.259 e. The molecule has 4 nitrogen and oxygen atoms in total. The van der Waals surface area contributed by atoms with Crippen molar-refractivity contribution >= 4 is 17.5 Å². The highest BCUT2D eigenvalue weighted by molar-refractivity contribution is 6.21. The van der Waals surface area contributed by atoms with Crippen LogP contribution in [0.25, 0.3) is 0 Å². The minimum absolute atomic E-state index is 0.302. The molecule has 19 heavy (non-hydrogen) atoms. The highest BCUT2D eigenvalue weighted by Gasteiger charge is 2.26. The Labute approximate surface area is 111 Å². The first-order valence-electron chi connectivity index (χ1n) is 6.62. The van der Waals surface area contributed by atoms with Gasteiger partial charge >= 0.3 is 0 Å². The first-order valence-corrected chi connectivity index (χ1v) is 6.62. The number of fused-ring (bicyclic) bond motifs is 1. The van der Waals surface area contributed by atoms with Crippen LogP contribution < -0.4 is 10.6 Å². The topological polar surface area (TPSA) is 58.2 Å². The van der Waals surface area contributed by atoms with Crippen molar-refractivity contribution in [1.82, 2.24) is 5.32 Å². The minimum atomic E-state index is -0.302. The highest BCUT2D eigenvalue weighted by atomic mass is 16.2. The molecular weight excluding hydrogens is 240 g/mol. The summed E-state index contributed by atoms with van der Waals surface area (Å²) in [6.07, 6.45) is 7.91. The Morgan fingerprint density at radius 2 is 2.00 bits per heavy atom. The van der Waals surface area contributed by atoms with Crippen LogP contribution >= 0.6 is 0 Å². The standard InChI is InChI=1S/C15H16N2O2/c18-14-12-7-6-11(8-13(12)15(19)17-14)16-9-10-4-2-1-3-5-10/h1-2,6-8,10,16H,3-5,9H2,(H,17,18,19). The second-order valence-corrected chi connectivity index (χ2v) is 5.07. The average Bonchev–Trinajstić information content (AvgIpc) is 2.73. The third-order valence-corrected chi connectivity index (χ3v) is 3.71. The number of nitrogens with one attached hydrogen (secondary N) is 2. The van der Waals surface area contributed by atoms with Gasteiger partial charge in [-0.05, 0) is 43.4 Å². The summed E-state index contributed by atoms with van der Waals surface area (Å²) >= 11 is 0. The van der Waals surface area contributed by atoms with E-state index in [0.29, 0.717) is 17.0 Å². The van der Waals surface area contributed by atoms with Crippen molar-refractivity contribution in [1.29, 1.82) is 0 Å². The van der Waals surface area contributed by atoms with Crippen LogP contribution in [0.5, 0.6) is 0 Å². The molecule has 2 aliphatic rings. The molecule has 98 valence electrons. The number of benzene rings is 1. The van der Waals surface area contributed by atoms with E-state index < -0.39 is 0 Å². The Kier molecular flexibility index (Phi) is 3.07. The normalized spacial score (nSPS) is 21.2. The second-order valence-electron chi connectivity index (χ2n) is 5.07. The molecule has 0 saturated carbocycles. The fraction of sp³-hybridized carbons (Fsp3) is 0.333. The molecule has 0 aromatic heterocycles. The summed E-state index contributed by atoms with van der Waals surface area (Å²) in [5.74, 6) is 0.0435. The zero-order chi connectivity index (χ0) is 13.2. The molecule has 2 N–H and O–H groups in total. The van der Waals surface area contributed by atoms with Gasteiger partial charge in [-0.25, -0.2) is 0 Å². The Morgan fingerprint density at radius 3 is 2.79 bits per heavy atom. The van der Waals surface area contributed by atoms with Crippen LogP contribution in [0.2, 0.25) is 0 Å². The Hall–Kier alpha value is -2.10. The van der Waals surface area contributed by atoms with E-state index in [-0.39, 0.29) is 11.8 Å². The van der Waals surface area contributed by atoms with Crippen LogP contribution in [-0.2, 0) is 0 Å². The Bertz CT molecular complexity index is 563. The molecule has 0 radical (unpaired) electrons. The maximum atomic E-state index is 11.6. The van der Waals surface area contributed by atoms with E-state index in [1.54, 1.807) is 12.1 Å². The summed E-state index contributed by atoms with van der Waals surface area (Å²) in [7, 11) is 0. The van der Waals surface area contributed by atoms with E-state index in [1.807, 2.05) is 6.07 Å². The molecule has 0 saturated heterocycles. The van der Waals surface area contributed by atoms with E-state index >= 15 is 0 Å². The smallest absolute Gasteiger partial charge is 0.259 e. The third kappa shape index (κ3) is 2.38. The van der Waals surface area contributed by atoms with Gasteiger partial charge in [-0.15, -0.1) is 0 Å². The molecular formula is C15H16N2O2. The number of imide groups is 1. The summed E-state index contributed by atoms with van der Waals surface area (Å²) in [4.78, 5) is 23.0.